The first-order valence-electron chi connectivity index (χ1n) is 11.0. The monoisotopic (exact) mass is 455 g/mol. The Bertz CT molecular complexity index is 1320. The number of carbonyl (C=O) groups is 3. The van der Waals surface area contributed by atoms with Gasteiger partial charge in [0.15, 0.2) is 5.75 Å². The molecule has 1 aromatic carbocycles. The smallest absolute Gasteiger partial charge is 0.256 e. The predicted octanol–water partition coefficient (Wildman–Crippen LogP) is 0.697. The molecule has 4 rings (SSSR count). The molecule has 12 nitrogen and oxygen atoms in total. The molecule has 0 atom stereocenters. The quantitative estimate of drug-likeness (QED) is 0.293. The van der Waals surface area contributed by atoms with Crippen LogP contribution in [0, 0.1) is 5.92 Å². The second-order valence-electron chi connectivity index (χ2n) is 7.42. The Kier molecular flexibility index (Phi) is 5.39. The van der Waals surface area contributed by atoms with Gasteiger partial charge >= 0.3 is 0 Å². The third-order valence-corrected chi connectivity index (χ3v) is 5.05. The summed E-state index contributed by atoms with van der Waals surface area (Å²) in [5, 5.41) is 21.8. The number of primary amides is 1. The van der Waals surface area contributed by atoms with Crippen LogP contribution in [0.15, 0.2) is 30.6 Å². The molecule has 3 amide bonds. The van der Waals surface area contributed by atoms with E-state index < -0.39 is 18.5 Å². The average molecular weight is 455 g/mol. The lowest BCUT2D eigenvalue weighted by Crippen LogP contribution is -2.25. The zero-order valence-corrected chi connectivity index (χ0v) is 17.6. The number of pyridine rings is 1. The fraction of sp³-hybridized carbons (Fsp3) is 0.286. The molecule has 1 saturated carbocycles. The van der Waals surface area contributed by atoms with E-state index in [4.69, 9.17) is 13.2 Å². The highest BCUT2D eigenvalue weighted by Gasteiger charge is 2.30. The highest BCUT2D eigenvalue weighted by atomic mass is 16.5. The van der Waals surface area contributed by atoms with Crippen molar-refractivity contribution >= 4 is 45.8 Å². The number of ether oxygens (including phenoxy) is 1. The molecule has 0 unspecified atom stereocenters. The zero-order valence-electron chi connectivity index (χ0n) is 19.6. The van der Waals surface area contributed by atoms with E-state index in [0.29, 0.717) is 22.3 Å². The SMILES string of the molecule is [2H]C([2H])(O)NC(=O)c1cnc(NC(=O)C2CC2)cc1Nc1ccc2cnn(CC(N)=O)c2c1OC. The molecule has 33 heavy (non-hydrogen) atoms. The van der Waals surface area contributed by atoms with E-state index in [9.17, 15) is 19.5 Å². The van der Waals surface area contributed by atoms with Crippen LogP contribution >= 0.6 is 0 Å². The van der Waals surface area contributed by atoms with Gasteiger partial charge < -0.3 is 31.5 Å². The van der Waals surface area contributed by atoms with Crippen molar-refractivity contribution in [2.45, 2.75) is 19.4 Å². The van der Waals surface area contributed by atoms with E-state index in [2.05, 4.69) is 20.7 Å². The van der Waals surface area contributed by atoms with Crippen LogP contribution in [-0.2, 0) is 16.1 Å². The number of nitrogens with one attached hydrogen (secondary N) is 3. The topological polar surface area (TPSA) is 173 Å². The van der Waals surface area contributed by atoms with Gasteiger partial charge in [0.1, 0.15) is 24.6 Å². The van der Waals surface area contributed by atoms with Crippen LogP contribution < -0.4 is 26.4 Å². The van der Waals surface area contributed by atoms with Crippen LogP contribution in [0.5, 0.6) is 5.75 Å². The summed E-state index contributed by atoms with van der Waals surface area (Å²) in [6.07, 6.45) is 4.28. The Morgan fingerprint density at radius 1 is 1.30 bits per heavy atom. The zero-order chi connectivity index (χ0) is 25.3. The molecule has 1 fully saturated rings. The van der Waals surface area contributed by atoms with Gasteiger partial charge in [-0.3, -0.25) is 19.1 Å². The number of hydrogen-bond donors (Lipinski definition) is 5. The molecule has 2 aromatic heterocycles. The van der Waals surface area contributed by atoms with Gasteiger partial charge in [-0.05, 0) is 25.0 Å². The van der Waals surface area contributed by atoms with Crippen LogP contribution in [0.25, 0.3) is 10.9 Å². The molecule has 2 heterocycles. The Balaban J connectivity index is 1.75. The molecule has 0 bridgehead atoms. The summed E-state index contributed by atoms with van der Waals surface area (Å²) in [5.74, 6) is -1.35. The molecule has 0 radical (unpaired) electrons. The molecule has 3 aromatic rings. The first kappa shape index (κ1) is 19.5. The van der Waals surface area contributed by atoms with Crippen molar-refractivity contribution in [3.05, 3.63) is 36.2 Å². The van der Waals surface area contributed by atoms with E-state index in [1.165, 1.54) is 17.9 Å². The third-order valence-electron chi connectivity index (χ3n) is 5.05. The number of methoxy groups -OCH3 is 1. The Morgan fingerprint density at radius 3 is 2.76 bits per heavy atom. The number of carbonyl (C=O) groups excluding carboxylic acids is 3. The largest absolute Gasteiger partial charge is 0.492 e. The summed E-state index contributed by atoms with van der Waals surface area (Å²) in [6.45, 7) is -3.15. The molecule has 0 saturated heterocycles. The number of amides is 3. The van der Waals surface area contributed by atoms with Crippen molar-refractivity contribution in [3.63, 3.8) is 0 Å². The second kappa shape index (κ2) is 9.12. The molecule has 12 heteroatoms. The van der Waals surface area contributed by atoms with Crippen molar-refractivity contribution in [3.8, 4) is 5.75 Å². The number of benzene rings is 1. The Labute approximate surface area is 190 Å². The van der Waals surface area contributed by atoms with Crippen LogP contribution in [0.3, 0.4) is 0 Å². The number of aromatic nitrogens is 3. The Hall–Kier alpha value is -4.19. The highest BCUT2D eigenvalue weighted by Crippen LogP contribution is 2.37. The number of nitrogens with two attached hydrogens (primary N) is 1. The van der Waals surface area contributed by atoms with Gasteiger partial charge in [0.2, 0.25) is 11.8 Å². The summed E-state index contributed by atoms with van der Waals surface area (Å²) in [6, 6.07) is 4.79. The van der Waals surface area contributed by atoms with E-state index >= 15 is 0 Å². The first-order valence-corrected chi connectivity index (χ1v) is 9.99. The van der Waals surface area contributed by atoms with Crippen LogP contribution in [0.4, 0.5) is 17.2 Å². The molecular weight excluding hydrogens is 430 g/mol. The van der Waals surface area contributed by atoms with Gasteiger partial charge in [-0.15, -0.1) is 0 Å². The molecule has 1 aliphatic rings. The minimum Gasteiger partial charge on any atom is -0.492 e. The maximum absolute atomic E-state index is 12.6. The lowest BCUT2D eigenvalue weighted by atomic mass is 10.1. The number of anilines is 3. The summed E-state index contributed by atoms with van der Waals surface area (Å²) in [5.41, 5.74) is 6.20. The summed E-state index contributed by atoms with van der Waals surface area (Å²) in [7, 11) is 1.42. The predicted molar refractivity (Wildman–Crippen MR) is 119 cm³/mol. The van der Waals surface area contributed by atoms with Gasteiger partial charge in [-0.1, -0.05) is 0 Å². The van der Waals surface area contributed by atoms with E-state index in [1.54, 1.807) is 18.3 Å². The van der Waals surface area contributed by atoms with Gasteiger partial charge in [-0.2, -0.15) is 5.10 Å². The number of nitrogens with zero attached hydrogens (tertiary/aromatic N) is 3. The van der Waals surface area contributed by atoms with Crippen molar-refractivity contribution < 1.29 is 27.0 Å². The molecule has 0 aliphatic heterocycles. The van der Waals surface area contributed by atoms with Crippen LogP contribution in [0.2, 0.25) is 0 Å². The standard InChI is InChI=1S/C21H23N7O5/c1-33-19-14(5-4-12-7-25-28(18(12)19)9-16(22)30)26-15-6-17(27-20(31)11-2-3-11)23-8-13(15)21(32)24-10-29/h4-8,11,29H,2-3,9-10H2,1H3,(H2,22,30)(H,24,32)(H2,23,26,27,31)/i10D2. The van der Waals surface area contributed by atoms with Gasteiger partial charge in [0.25, 0.3) is 5.91 Å². The van der Waals surface area contributed by atoms with Crippen molar-refractivity contribution in [2.24, 2.45) is 11.7 Å². The van der Waals surface area contributed by atoms with E-state index in [0.717, 1.165) is 19.0 Å². The fourth-order valence-corrected chi connectivity index (χ4v) is 3.36. The number of aliphatic hydroxyl groups is 1. The fourth-order valence-electron chi connectivity index (χ4n) is 3.36. The number of hydrogen-bond acceptors (Lipinski definition) is 8. The Morgan fingerprint density at radius 2 is 2.09 bits per heavy atom. The average Bonchev–Trinajstić information content (AvgIpc) is 3.55. The third kappa shape index (κ3) is 4.70. The number of rotatable bonds is 9. The van der Waals surface area contributed by atoms with Gasteiger partial charge in [-0.25, -0.2) is 4.98 Å². The number of fused-ring (bicyclic) bond motifs is 1. The van der Waals surface area contributed by atoms with E-state index in [1.807, 2.05) is 5.32 Å². The lowest BCUT2D eigenvalue weighted by molar-refractivity contribution is -0.119. The molecule has 172 valence electrons. The van der Waals surface area contributed by atoms with Crippen molar-refractivity contribution in [1.29, 1.82) is 0 Å². The maximum atomic E-state index is 12.6. The highest BCUT2D eigenvalue weighted by molar-refractivity contribution is 6.02. The minimum absolute atomic E-state index is 0.0779. The van der Waals surface area contributed by atoms with Crippen LogP contribution in [-0.4, -0.2) is 51.4 Å². The summed E-state index contributed by atoms with van der Waals surface area (Å²) < 4.78 is 21.4. The molecular formula is C21H23N7O5. The second-order valence-corrected chi connectivity index (χ2v) is 7.42. The van der Waals surface area contributed by atoms with Gasteiger partial charge in [0, 0.05) is 23.6 Å². The van der Waals surface area contributed by atoms with Crippen LogP contribution in [0.1, 0.15) is 25.9 Å². The molecule has 6 N–H and O–H groups in total. The summed E-state index contributed by atoms with van der Waals surface area (Å²) >= 11 is 0. The summed E-state index contributed by atoms with van der Waals surface area (Å²) in [4.78, 5) is 40.4. The normalized spacial score (nSPS) is 14.2. The van der Waals surface area contributed by atoms with Crippen molar-refractivity contribution in [2.75, 3.05) is 24.4 Å². The lowest BCUT2D eigenvalue weighted by Gasteiger charge is -2.16. The van der Waals surface area contributed by atoms with Crippen molar-refractivity contribution in [1.82, 2.24) is 20.1 Å². The van der Waals surface area contributed by atoms with Gasteiger partial charge in [0.05, 0.1) is 33.0 Å². The molecule has 0 spiro atoms. The first-order chi connectivity index (χ1) is 16.6. The molecule has 1 aliphatic carbocycles. The maximum Gasteiger partial charge on any atom is 0.256 e. The minimum atomic E-state index is -2.97. The van der Waals surface area contributed by atoms with E-state index in [-0.39, 0.29) is 35.4 Å².